The van der Waals surface area contributed by atoms with Gasteiger partial charge in [-0.05, 0) is 57.2 Å². The highest BCUT2D eigenvalue weighted by Gasteiger charge is 2.34. The van der Waals surface area contributed by atoms with E-state index in [2.05, 4.69) is 56.0 Å². The summed E-state index contributed by atoms with van der Waals surface area (Å²) in [6.07, 6.45) is 0. The first-order chi connectivity index (χ1) is 14.4. The van der Waals surface area contributed by atoms with Crippen molar-refractivity contribution in [2.45, 2.75) is 36.5 Å². The summed E-state index contributed by atoms with van der Waals surface area (Å²) in [5, 5.41) is 0. The fourth-order valence-electron chi connectivity index (χ4n) is 3.61. The Labute approximate surface area is 182 Å². The molecule has 0 bridgehead atoms. The number of morpholine rings is 1. The van der Waals surface area contributed by atoms with E-state index in [1.165, 1.54) is 16.7 Å². The van der Waals surface area contributed by atoms with Gasteiger partial charge < -0.3 is 15.4 Å². The molecule has 0 spiro atoms. The van der Waals surface area contributed by atoms with Crippen LogP contribution in [0.15, 0.2) is 65.6 Å². The first kappa shape index (κ1) is 20.7. The van der Waals surface area contributed by atoms with Crippen molar-refractivity contribution in [2.75, 3.05) is 30.4 Å². The van der Waals surface area contributed by atoms with Crippen LogP contribution < -0.4 is 10.6 Å². The second kappa shape index (κ2) is 8.66. The molecule has 1 aliphatic heterocycles. The summed E-state index contributed by atoms with van der Waals surface area (Å²) in [6, 6.07) is 20.7. The summed E-state index contributed by atoms with van der Waals surface area (Å²) in [7, 11) is 0. The molecule has 3 aromatic rings. The van der Waals surface area contributed by atoms with E-state index in [4.69, 9.17) is 20.4 Å². The number of rotatable bonds is 5. The van der Waals surface area contributed by atoms with Crippen molar-refractivity contribution in [2.24, 2.45) is 0 Å². The van der Waals surface area contributed by atoms with E-state index < -0.39 is 0 Å². The fourth-order valence-corrected chi connectivity index (χ4v) is 4.80. The van der Waals surface area contributed by atoms with Gasteiger partial charge in [0.05, 0.1) is 19.3 Å². The number of ether oxygens (including phenoxy) is 1. The van der Waals surface area contributed by atoms with Gasteiger partial charge in [-0.25, -0.2) is 9.97 Å². The van der Waals surface area contributed by atoms with Gasteiger partial charge in [0.25, 0.3) is 0 Å². The van der Waals surface area contributed by atoms with Crippen molar-refractivity contribution in [1.29, 1.82) is 0 Å². The SMILES string of the molecule is C[C@H]1COCCN1c1cc(C(C)(C)[SH+]c2ccccc2)nc(-c2ccc(N)cc2)n1. The van der Waals surface area contributed by atoms with Crippen molar-refractivity contribution < 1.29 is 4.74 Å². The third-order valence-corrected chi connectivity index (χ3v) is 6.68. The van der Waals surface area contributed by atoms with Crippen LogP contribution in [0.3, 0.4) is 0 Å². The topological polar surface area (TPSA) is 64.3 Å². The zero-order valence-electron chi connectivity index (χ0n) is 17.7. The van der Waals surface area contributed by atoms with Crippen LogP contribution in [-0.2, 0) is 21.2 Å². The number of anilines is 2. The van der Waals surface area contributed by atoms with Crippen molar-refractivity contribution >= 4 is 23.3 Å². The summed E-state index contributed by atoms with van der Waals surface area (Å²) in [5.41, 5.74) is 8.63. The fraction of sp³-hybridized carbons (Fsp3) is 0.333. The Bertz CT molecular complexity index is 992. The van der Waals surface area contributed by atoms with Crippen LogP contribution in [0.4, 0.5) is 11.5 Å². The third kappa shape index (κ3) is 4.60. The van der Waals surface area contributed by atoms with Crippen molar-refractivity contribution in [3.05, 3.63) is 66.4 Å². The maximum absolute atomic E-state index is 5.89. The molecule has 4 rings (SSSR count). The van der Waals surface area contributed by atoms with Gasteiger partial charge in [-0.2, -0.15) is 0 Å². The molecule has 1 fully saturated rings. The van der Waals surface area contributed by atoms with Crippen molar-refractivity contribution in [3.8, 4) is 11.4 Å². The van der Waals surface area contributed by atoms with Crippen LogP contribution >= 0.6 is 0 Å². The minimum Gasteiger partial charge on any atom is -0.399 e. The highest BCUT2D eigenvalue weighted by Crippen LogP contribution is 2.32. The third-order valence-electron chi connectivity index (χ3n) is 5.34. The van der Waals surface area contributed by atoms with E-state index in [1.54, 1.807) is 0 Å². The van der Waals surface area contributed by atoms with Gasteiger partial charge in [0, 0.05) is 35.6 Å². The lowest BCUT2D eigenvalue weighted by Gasteiger charge is -2.35. The van der Waals surface area contributed by atoms with Gasteiger partial charge in [0.2, 0.25) is 0 Å². The summed E-state index contributed by atoms with van der Waals surface area (Å²) >= 11 is 1.21. The van der Waals surface area contributed by atoms with Crippen molar-refractivity contribution in [1.82, 2.24) is 9.97 Å². The molecule has 156 valence electrons. The zero-order chi connectivity index (χ0) is 21.1. The Kier molecular flexibility index (Phi) is 5.97. The van der Waals surface area contributed by atoms with Crippen LogP contribution in [0.5, 0.6) is 0 Å². The standard InChI is InChI=1S/C24H28N4OS/c1-17-16-29-14-13-28(17)22-15-21(24(2,3)30-20-7-5-4-6-8-20)26-23(27-22)18-9-11-19(25)12-10-18/h4-12,15,17H,13-14,16,25H2,1-3H3/p+1/t17-/m0/s1. The molecule has 0 amide bonds. The first-order valence-electron chi connectivity index (χ1n) is 10.3. The van der Waals surface area contributed by atoms with E-state index in [0.717, 1.165) is 35.1 Å². The van der Waals surface area contributed by atoms with Crippen LogP contribution in [0.2, 0.25) is 0 Å². The highest BCUT2D eigenvalue weighted by molar-refractivity contribution is 7.79. The monoisotopic (exact) mass is 421 g/mol. The number of nitrogens with two attached hydrogens (primary N) is 1. The first-order valence-corrected chi connectivity index (χ1v) is 11.2. The molecule has 0 aliphatic carbocycles. The molecule has 1 aliphatic rings. The minimum atomic E-state index is -0.170. The van der Waals surface area contributed by atoms with Crippen molar-refractivity contribution in [3.63, 3.8) is 0 Å². The van der Waals surface area contributed by atoms with Gasteiger partial charge in [-0.15, -0.1) is 0 Å². The summed E-state index contributed by atoms with van der Waals surface area (Å²) in [4.78, 5) is 13.5. The van der Waals surface area contributed by atoms with Gasteiger partial charge in [0.15, 0.2) is 15.5 Å². The number of hydrogen-bond acceptors (Lipinski definition) is 5. The number of thiol groups is 1. The number of aromatic nitrogens is 2. The van der Waals surface area contributed by atoms with Crippen LogP contribution in [0, 0.1) is 0 Å². The lowest BCUT2D eigenvalue weighted by atomic mass is 10.1. The smallest absolute Gasteiger partial charge is 0.167 e. The molecule has 0 saturated carbocycles. The maximum Gasteiger partial charge on any atom is 0.167 e. The molecular weight excluding hydrogens is 392 g/mol. The van der Waals surface area contributed by atoms with Gasteiger partial charge in [-0.3, -0.25) is 0 Å². The Morgan fingerprint density at radius 1 is 1.07 bits per heavy atom. The van der Waals surface area contributed by atoms with Gasteiger partial charge in [0.1, 0.15) is 11.5 Å². The molecule has 0 radical (unpaired) electrons. The molecule has 2 heterocycles. The van der Waals surface area contributed by atoms with E-state index in [1.807, 2.05) is 30.3 Å². The molecule has 1 aromatic heterocycles. The average molecular weight is 422 g/mol. The number of hydrogen-bond donors (Lipinski definition) is 1. The number of benzene rings is 2. The second-order valence-electron chi connectivity index (χ2n) is 8.18. The number of nitrogens with zero attached hydrogens (tertiary/aromatic N) is 3. The molecule has 1 saturated heterocycles. The summed E-state index contributed by atoms with van der Waals surface area (Å²) in [6.45, 7) is 8.91. The second-order valence-corrected chi connectivity index (χ2v) is 10.0. The molecule has 30 heavy (non-hydrogen) atoms. The van der Waals surface area contributed by atoms with Crippen LogP contribution in [-0.4, -0.2) is 35.8 Å². The zero-order valence-corrected chi connectivity index (χ0v) is 18.6. The average Bonchev–Trinajstić information content (AvgIpc) is 2.75. The molecule has 0 unspecified atom stereocenters. The highest BCUT2D eigenvalue weighted by atomic mass is 32.2. The summed E-state index contributed by atoms with van der Waals surface area (Å²) in [5.74, 6) is 1.69. The summed E-state index contributed by atoms with van der Waals surface area (Å²) < 4.78 is 5.47. The molecule has 6 heteroatoms. The predicted molar refractivity (Wildman–Crippen MR) is 126 cm³/mol. The van der Waals surface area contributed by atoms with Crippen LogP contribution in [0.1, 0.15) is 26.5 Å². The number of nitrogen functional groups attached to an aromatic ring is 1. The quantitative estimate of drug-likeness (QED) is 0.382. The van der Waals surface area contributed by atoms with E-state index >= 15 is 0 Å². The molecular formula is C24H29N4OS+. The normalized spacial score (nSPS) is 17.2. The molecule has 2 N–H and O–H groups in total. The van der Waals surface area contributed by atoms with E-state index in [-0.39, 0.29) is 10.8 Å². The van der Waals surface area contributed by atoms with Gasteiger partial charge >= 0.3 is 0 Å². The Morgan fingerprint density at radius 2 is 1.80 bits per heavy atom. The van der Waals surface area contributed by atoms with Crippen LogP contribution in [0.25, 0.3) is 11.4 Å². The predicted octanol–water partition coefficient (Wildman–Crippen LogP) is 4.06. The molecule has 1 atom stereocenters. The lowest BCUT2D eigenvalue weighted by Crippen LogP contribution is -2.44. The maximum atomic E-state index is 5.89. The van der Waals surface area contributed by atoms with Gasteiger partial charge in [-0.1, -0.05) is 18.2 Å². The lowest BCUT2D eigenvalue weighted by molar-refractivity contribution is 0.0985. The van der Waals surface area contributed by atoms with E-state index in [9.17, 15) is 0 Å². The Morgan fingerprint density at radius 3 is 2.50 bits per heavy atom. The molecule has 2 aromatic carbocycles. The van der Waals surface area contributed by atoms with E-state index in [0.29, 0.717) is 13.2 Å². The Balaban J connectivity index is 1.77. The molecule has 5 nitrogen and oxygen atoms in total. The Hall–Kier alpha value is -2.57. The minimum absolute atomic E-state index is 0.170. The largest absolute Gasteiger partial charge is 0.399 e.